The number of hydrogen-bond donors (Lipinski definition) is 1. The molecule has 1 rings (SSSR count). The fourth-order valence-electron chi connectivity index (χ4n) is 1.31. The van der Waals surface area contributed by atoms with Gasteiger partial charge in [0, 0.05) is 38.6 Å². The van der Waals surface area contributed by atoms with E-state index in [4.69, 9.17) is 0 Å². The number of likely N-dealkylation sites (N-methyl/N-ethyl adjacent to an activating group) is 1. The molecule has 1 aromatic heterocycles. The molecule has 5 heteroatoms. The van der Waals surface area contributed by atoms with Crippen LogP contribution in [-0.2, 0) is 11.3 Å². The van der Waals surface area contributed by atoms with Crippen LogP contribution in [0.2, 0.25) is 0 Å². The molecular weight excluding hydrogens is 204 g/mol. The van der Waals surface area contributed by atoms with Gasteiger partial charge in [-0.1, -0.05) is 6.58 Å². The lowest BCUT2D eigenvalue weighted by atomic mass is 10.2. The normalized spacial score (nSPS) is 12.2. The Morgan fingerprint density at radius 1 is 1.75 bits per heavy atom. The van der Waals surface area contributed by atoms with Crippen molar-refractivity contribution in [2.45, 2.75) is 19.5 Å². The summed E-state index contributed by atoms with van der Waals surface area (Å²) in [5.74, 6) is 0.0658. The van der Waals surface area contributed by atoms with Gasteiger partial charge in [-0.3, -0.25) is 4.79 Å². The molecule has 16 heavy (non-hydrogen) atoms. The predicted molar refractivity (Wildman–Crippen MR) is 63.6 cm³/mol. The molecule has 88 valence electrons. The molecule has 0 aliphatic carbocycles. The molecule has 0 spiro atoms. The molecule has 0 bridgehead atoms. The summed E-state index contributed by atoms with van der Waals surface area (Å²) in [6, 6.07) is -0.193. The molecule has 0 aromatic carbocycles. The van der Waals surface area contributed by atoms with E-state index in [0.29, 0.717) is 6.54 Å². The number of hydrogen-bond acceptors (Lipinski definition) is 3. The van der Waals surface area contributed by atoms with Crippen LogP contribution >= 0.6 is 0 Å². The standard InChI is InChI=1S/C11H18N4O/c1-5-15-8-10(7-13-15)6-12-9(2)11(16)14(3)4/h5,7-9,12H,1,6H2,2-4H3. The first-order valence-electron chi connectivity index (χ1n) is 5.14. The zero-order valence-corrected chi connectivity index (χ0v) is 9.97. The molecule has 5 nitrogen and oxygen atoms in total. The molecule has 0 fully saturated rings. The topological polar surface area (TPSA) is 50.2 Å². The second-order valence-electron chi connectivity index (χ2n) is 3.85. The second-order valence-corrected chi connectivity index (χ2v) is 3.85. The lowest BCUT2D eigenvalue weighted by molar-refractivity contribution is -0.130. The van der Waals surface area contributed by atoms with Crippen molar-refractivity contribution in [3.05, 3.63) is 24.5 Å². The molecule has 0 saturated heterocycles. The zero-order chi connectivity index (χ0) is 12.1. The Hall–Kier alpha value is -1.62. The summed E-state index contributed by atoms with van der Waals surface area (Å²) in [5.41, 5.74) is 1.03. The van der Waals surface area contributed by atoms with E-state index in [1.807, 2.05) is 13.1 Å². The molecule has 1 amide bonds. The van der Waals surface area contributed by atoms with Crippen LogP contribution < -0.4 is 5.32 Å². The van der Waals surface area contributed by atoms with Gasteiger partial charge in [0.15, 0.2) is 0 Å². The largest absolute Gasteiger partial charge is 0.347 e. The molecule has 1 N–H and O–H groups in total. The van der Waals surface area contributed by atoms with Crippen molar-refractivity contribution in [3.8, 4) is 0 Å². The lowest BCUT2D eigenvalue weighted by Gasteiger charge is -2.17. The van der Waals surface area contributed by atoms with Crippen molar-refractivity contribution >= 4 is 12.1 Å². The molecule has 0 aliphatic heterocycles. The maximum Gasteiger partial charge on any atom is 0.238 e. The molecule has 0 saturated carbocycles. The highest BCUT2D eigenvalue weighted by Gasteiger charge is 2.13. The summed E-state index contributed by atoms with van der Waals surface area (Å²) in [5, 5.41) is 7.19. The highest BCUT2D eigenvalue weighted by Crippen LogP contribution is 1.98. The van der Waals surface area contributed by atoms with Gasteiger partial charge in [-0.2, -0.15) is 5.10 Å². The van der Waals surface area contributed by atoms with E-state index in [1.165, 1.54) is 0 Å². The Balaban J connectivity index is 2.45. The van der Waals surface area contributed by atoms with E-state index in [0.717, 1.165) is 5.56 Å². The Morgan fingerprint density at radius 3 is 2.94 bits per heavy atom. The summed E-state index contributed by atoms with van der Waals surface area (Å²) >= 11 is 0. The van der Waals surface area contributed by atoms with Crippen molar-refractivity contribution in [2.24, 2.45) is 0 Å². The third kappa shape index (κ3) is 3.20. The average Bonchev–Trinajstić information content (AvgIpc) is 2.72. The third-order valence-corrected chi connectivity index (χ3v) is 2.27. The fraction of sp³-hybridized carbons (Fsp3) is 0.455. The maximum absolute atomic E-state index is 11.6. The van der Waals surface area contributed by atoms with Crippen LogP contribution in [0.1, 0.15) is 12.5 Å². The number of carbonyl (C=O) groups excluding carboxylic acids is 1. The third-order valence-electron chi connectivity index (χ3n) is 2.27. The van der Waals surface area contributed by atoms with E-state index >= 15 is 0 Å². The first-order chi connectivity index (χ1) is 7.54. The molecule has 0 aliphatic rings. The van der Waals surface area contributed by atoms with E-state index in [9.17, 15) is 4.79 Å². The summed E-state index contributed by atoms with van der Waals surface area (Å²) in [6.45, 7) is 6.08. The van der Waals surface area contributed by atoms with Crippen LogP contribution in [0.15, 0.2) is 19.0 Å². The quantitative estimate of drug-likeness (QED) is 0.791. The fourth-order valence-corrected chi connectivity index (χ4v) is 1.31. The summed E-state index contributed by atoms with van der Waals surface area (Å²) in [7, 11) is 3.49. The van der Waals surface area contributed by atoms with Gasteiger partial charge in [0.05, 0.1) is 12.2 Å². The SMILES string of the molecule is C=Cn1cc(CNC(C)C(=O)N(C)C)cn1. The Kier molecular flexibility index (Phi) is 4.25. The van der Waals surface area contributed by atoms with E-state index < -0.39 is 0 Å². The lowest BCUT2D eigenvalue weighted by Crippen LogP contribution is -2.41. The number of carbonyl (C=O) groups is 1. The molecule has 1 heterocycles. The van der Waals surface area contributed by atoms with Crippen LogP contribution in [0, 0.1) is 0 Å². The summed E-state index contributed by atoms with van der Waals surface area (Å²) < 4.78 is 1.63. The Labute approximate surface area is 95.7 Å². The highest BCUT2D eigenvalue weighted by atomic mass is 16.2. The maximum atomic E-state index is 11.6. The minimum atomic E-state index is -0.193. The van der Waals surface area contributed by atoms with E-state index in [-0.39, 0.29) is 11.9 Å². The van der Waals surface area contributed by atoms with Crippen LogP contribution in [0.4, 0.5) is 0 Å². The first kappa shape index (κ1) is 12.4. The zero-order valence-electron chi connectivity index (χ0n) is 9.97. The van der Waals surface area contributed by atoms with Crippen molar-refractivity contribution in [1.29, 1.82) is 0 Å². The molecule has 1 unspecified atom stereocenters. The summed E-state index contributed by atoms with van der Waals surface area (Å²) in [4.78, 5) is 13.1. The number of nitrogens with one attached hydrogen (secondary N) is 1. The molecule has 1 atom stereocenters. The monoisotopic (exact) mass is 222 g/mol. The van der Waals surface area contributed by atoms with Crippen LogP contribution in [0.3, 0.4) is 0 Å². The van der Waals surface area contributed by atoms with Gasteiger partial charge in [-0.15, -0.1) is 0 Å². The van der Waals surface area contributed by atoms with Gasteiger partial charge in [0.2, 0.25) is 5.91 Å². The Morgan fingerprint density at radius 2 is 2.44 bits per heavy atom. The average molecular weight is 222 g/mol. The minimum absolute atomic E-state index is 0.0658. The van der Waals surface area contributed by atoms with Crippen molar-refractivity contribution < 1.29 is 4.79 Å². The van der Waals surface area contributed by atoms with Crippen molar-refractivity contribution in [2.75, 3.05) is 14.1 Å². The van der Waals surface area contributed by atoms with Gasteiger partial charge in [0.1, 0.15) is 0 Å². The van der Waals surface area contributed by atoms with Gasteiger partial charge >= 0.3 is 0 Å². The van der Waals surface area contributed by atoms with Gasteiger partial charge in [-0.05, 0) is 6.92 Å². The van der Waals surface area contributed by atoms with Gasteiger partial charge < -0.3 is 10.2 Å². The second kappa shape index (κ2) is 5.46. The highest BCUT2D eigenvalue weighted by molar-refractivity contribution is 5.80. The van der Waals surface area contributed by atoms with E-state index in [2.05, 4.69) is 17.0 Å². The van der Waals surface area contributed by atoms with Crippen LogP contribution in [-0.4, -0.2) is 40.7 Å². The van der Waals surface area contributed by atoms with Crippen molar-refractivity contribution in [3.63, 3.8) is 0 Å². The van der Waals surface area contributed by atoms with Gasteiger partial charge in [-0.25, -0.2) is 4.68 Å². The Bertz CT molecular complexity index is 370. The minimum Gasteiger partial charge on any atom is -0.347 e. The number of rotatable bonds is 5. The molecule has 0 radical (unpaired) electrons. The van der Waals surface area contributed by atoms with Crippen LogP contribution in [0.5, 0.6) is 0 Å². The molecular formula is C11H18N4O. The number of aromatic nitrogens is 2. The number of amides is 1. The number of nitrogens with zero attached hydrogens (tertiary/aromatic N) is 3. The summed E-state index contributed by atoms with van der Waals surface area (Å²) in [6.07, 6.45) is 5.24. The first-order valence-corrected chi connectivity index (χ1v) is 5.14. The van der Waals surface area contributed by atoms with Crippen LogP contribution in [0.25, 0.3) is 6.20 Å². The van der Waals surface area contributed by atoms with Gasteiger partial charge in [0.25, 0.3) is 0 Å². The molecule has 1 aromatic rings. The smallest absolute Gasteiger partial charge is 0.238 e. The predicted octanol–water partition coefficient (Wildman–Crippen LogP) is 0.550. The van der Waals surface area contributed by atoms with Crippen molar-refractivity contribution in [1.82, 2.24) is 20.0 Å². The van der Waals surface area contributed by atoms with E-state index in [1.54, 1.807) is 36.1 Å².